The molecule has 0 bridgehead atoms. The highest BCUT2D eigenvalue weighted by Crippen LogP contribution is 2.30. The number of amides is 1. The number of carbonyl (C=O) groups is 1. The average molecular weight is 291 g/mol. The van der Waals surface area contributed by atoms with Crippen LogP contribution in [0.15, 0.2) is 18.2 Å². The summed E-state index contributed by atoms with van der Waals surface area (Å²) in [6.07, 6.45) is -0.895. The molecule has 6 heteroatoms. The van der Waals surface area contributed by atoms with Crippen molar-refractivity contribution in [3.63, 3.8) is 0 Å². The molecular formula is C14H17F4NO. The lowest BCUT2D eigenvalue weighted by Crippen LogP contribution is -2.25. The fraction of sp³-hybridized carbons (Fsp3) is 0.500. The maximum atomic E-state index is 13.1. The zero-order valence-corrected chi connectivity index (χ0v) is 11.2. The Labute approximate surface area is 115 Å². The molecule has 0 radical (unpaired) electrons. The molecule has 1 amide bonds. The zero-order valence-electron chi connectivity index (χ0n) is 11.2. The van der Waals surface area contributed by atoms with E-state index in [1.54, 1.807) is 0 Å². The first kappa shape index (κ1) is 16.5. The summed E-state index contributed by atoms with van der Waals surface area (Å²) in [6.45, 7) is 2.42. The fourth-order valence-electron chi connectivity index (χ4n) is 1.74. The predicted octanol–water partition coefficient (Wildman–Crippen LogP) is 4.15. The number of unbranched alkanes of at least 4 members (excludes halogenated alkanes) is 3. The lowest BCUT2D eigenvalue weighted by Gasteiger charge is -2.10. The van der Waals surface area contributed by atoms with Gasteiger partial charge in [0, 0.05) is 12.1 Å². The van der Waals surface area contributed by atoms with Gasteiger partial charge in [0.15, 0.2) is 0 Å². The van der Waals surface area contributed by atoms with Crippen LogP contribution >= 0.6 is 0 Å². The van der Waals surface area contributed by atoms with E-state index in [1.165, 1.54) is 0 Å². The maximum Gasteiger partial charge on any atom is 0.416 e. The highest BCUT2D eigenvalue weighted by atomic mass is 19.4. The Morgan fingerprint density at radius 3 is 2.45 bits per heavy atom. The number of benzene rings is 1. The van der Waals surface area contributed by atoms with Gasteiger partial charge in [-0.1, -0.05) is 26.2 Å². The molecule has 1 aromatic rings. The van der Waals surface area contributed by atoms with Crippen molar-refractivity contribution >= 4 is 5.91 Å². The quantitative estimate of drug-likeness (QED) is 0.619. The minimum Gasteiger partial charge on any atom is -0.352 e. The first-order valence-corrected chi connectivity index (χ1v) is 6.50. The summed E-state index contributed by atoms with van der Waals surface area (Å²) in [4.78, 5) is 11.7. The Bertz CT molecular complexity index is 457. The van der Waals surface area contributed by atoms with Gasteiger partial charge in [0.2, 0.25) is 0 Å². The number of hydrogen-bond donors (Lipinski definition) is 1. The van der Waals surface area contributed by atoms with Gasteiger partial charge in [-0.2, -0.15) is 13.2 Å². The van der Waals surface area contributed by atoms with Crippen molar-refractivity contribution in [3.8, 4) is 0 Å². The number of hydrogen-bond acceptors (Lipinski definition) is 1. The van der Waals surface area contributed by atoms with E-state index in [0.717, 1.165) is 31.7 Å². The molecule has 1 rings (SSSR count). The second-order valence-electron chi connectivity index (χ2n) is 4.54. The van der Waals surface area contributed by atoms with Gasteiger partial charge in [0.25, 0.3) is 5.91 Å². The number of alkyl halides is 3. The summed E-state index contributed by atoms with van der Waals surface area (Å²) in [5.41, 5.74) is -1.47. The molecular weight excluding hydrogens is 274 g/mol. The fourth-order valence-corrected chi connectivity index (χ4v) is 1.74. The van der Waals surface area contributed by atoms with Gasteiger partial charge in [-0.25, -0.2) is 4.39 Å². The minimum absolute atomic E-state index is 0.312. The standard InChI is InChI=1S/C14H17F4NO/c1-2-3-4-5-6-19-13(20)10-7-11(14(16,17)18)9-12(15)8-10/h7-9H,2-6H2,1H3,(H,19,20). The summed E-state index contributed by atoms with van der Waals surface area (Å²) in [5, 5.41) is 2.49. The molecule has 0 fully saturated rings. The van der Waals surface area contributed by atoms with Gasteiger partial charge in [0.05, 0.1) is 5.56 Å². The summed E-state index contributed by atoms with van der Waals surface area (Å²) < 4.78 is 50.6. The summed E-state index contributed by atoms with van der Waals surface area (Å²) in [6, 6.07) is 1.83. The van der Waals surface area contributed by atoms with Gasteiger partial charge in [-0.15, -0.1) is 0 Å². The van der Waals surface area contributed by atoms with Crippen LogP contribution in [0.2, 0.25) is 0 Å². The van der Waals surface area contributed by atoms with Gasteiger partial charge >= 0.3 is 6.18 Å². The third kappa shape index (κ3) is 5.19. The number of halogens is 4. The normalized spacial score (nSPS) is 11.4. The summed E-state index contributed by atoms with van der Waals surface area (Å²) in [7, 11) is 0. The van der Waals surface area contributed by atoms with E-state index in [1.807, 2.05) is 6.92 Å². The van der Waals surface area contributed by atoms with Crippen LogP contribution in [0.3, 0.4) is 0 Å². The Kier molecular flexibility index (Phi) is 5.98. The van der Waals surface area contributed by atoms with Gasteiger partial charge in [0.1, 0.15) is 5.82 Å². The molecule has 0 aliphatic rings. The lowest BCUT2D eigenvalue weighted by atomic mass is 10.1. The Morgan fingerprint density at radius 1 is 1.15 bits per heavy atom. The number of carbonyl (C=O) groups excluding carboxylic acids is 1. The molecule has 0 aliphatic carbocycles. The number of nitrogens with one attached hydrogen (secondary N) is 1. The van der Waals surface area contributed by atoms with E-state index in [2.05, 4.69) is 5.32 Å². The third-order valence-corrected chi connectivity index (χ3v) is 2.80. The molecule has 1 N–H and O–H groups in total. The van der Waals surface area contributed by atoms with Crippen molar-refractivity contribution in [1.82, 2.24) is 5.32 Å². The van der Waals surface area contributed by atoms with Crippen LogP contribution in [0.4, 0.5) is 17.6 Å². The average Bonchev–Trinajstić information content (AvgIpc) is 2.36. The molecule has 2 nitrogen and oxygen atoms in total. The molecule has 112 valence electrons. The molecule has 0 saturated heterocycles. The van der Waals surface area contributed by atoms with Crippen LogP contribution < -0.4 is 5.32 Å². The Morgan fingerprint density at radius 2 is 1.85 bits per heavy atom. The molecule has 0 aliphatic heterocycles. The van der Waals surface area contributed by atoms with Gasteiger partial charge < -0.3 is 5.32 Å². The lowest BCUT2D eigenvalue weighted by molar-refractivity contribution is -0.137. The van der Waals surface area contributed by atoms with Crippen molar-refractivity contribution in [2.45, 2.75) is 38.8 Å². The first-order chi connectivity index (χ1) is 9.34. The maximum absolute atomic E-state index is 13.1. The molecule has 0 heterocycles. The van der Waals surface area contributed by atoms with Crippen LogP contribution in [-0.2, 0) is 6.18 Å². The van der Waals surface area contributed by atoms with Gasteiger partial charge in [-0.3, -0.25) is 4.79 Å². The van der Waals surface area contributed by atoms with Crippen LogP contribution in [0.25, 0.3) is 0 Å². The summed E-state index contributed by atoms with van der Waals surface area (Å²) >= 11 is 0. The minimum atomic E-state index is -4.67. The van der Waals surface area contributed by atoms with Crippen molar-refractivity contribution in [1.29, 1.82) is 0 Å². The Balaban J connectivity index is 2.66. The SMILES string of the molecule is CCCCCCNC(=O)c1cc(F)cc(C(F)(F)F)c1. The third-order valence-electron chi connectivity index (χ3n) is 2.80. The van der Waals surface area contributed by atoms with E-state index in [0.29, 0.717) is 18.7 Å². The monoisotopic (exact) mass is 291 g/mol. The topological polar surface area (TPSA) is 29.1 Å². The van der Waals surface area contributed by atoms with E-state index >= 15 is 0 Å². The zero-order chi connectivity index (χ0) is 15.2. The molecule has 0 saturated carbocycles. The molecule has 0 unspecified atom stereocenters. The van der Waals surface area contributed by atoms with Crippen LogP contribution in [0.5, 0.6) is 0 Å². The molecule has 0 aromatic heterocycles. The second-order valence-corrected chi connectivity index (χ2v) is 4.54. The molecule has 20 heavy (non-hydrogen) atoms. The Hall–Kier alpha value is -1.59. The van der Waals surface area contributed by atoms with Crippen molar-refractivity contribution in [2.24, 2.45) is 0 Å². The van der Waals surface area contributed by atoms with Crippen molar-refractivity contribution in [3.05, 3.63) is 35.1 Å². The highest BCUT2D eigenvalue weighted by molar-refractivity contribution is 5.94. The van der Waals surface area contributed by atoms with E-state index < -0.39 is 23.5 Å². The number of rotatable bonds is 6. The molecule has 1 aromatic carbocycles. The second kappa shape index (κ2) is 7.26. The van der Waals surface area contributed by atoms with Crippen LogP contribution in [-0.4, -0.2) is 12.5 Å². The highest BCUT2D eigenvalue weighted by Gasteiger charge is 2.31. The van der Waals surface area contributed by atoms with Crippen LogP contribution in [0.1, 0.15) is 48.5 Å². The molecule has 0 atom stereocenters. The van der Waals surface area contributed by atoms with E-state index in [4.69, 9.17) is 0 Å². The van der Waals surface area contributed by atoms with E-state index in [-0.39, 0.29) is 5.56 Å². The smallest absolute Gasteiger partial charge is 0.352 e. The first-order valence-electron chi connectivity index (χ1n) is 6.50. The van der Waals surface area contributed by atoms with Crippen molar-refractivity contribution < 1.29 is 22.4 Å². The van der Waals surface area contributed by atoms with E-state index in [9.17, 15) is 22.4 Å². The van der Waals surface area contributed by atoms with Crippen molar-refractivity contribution in [2.75, 3.05) is 6.54 Å². The van der Waals surface area contributed by atoms with Crippen LogP contribution in [0, 0.1) is 5.82 Å². The summed E-state index contributed by atoms with van der Waals surface area (Å²) in [5.74, 6) is -1.76. The largest absolute Gasteiger partial charge is 0.416 e. The molecule has 0 spiro atoms. The van der Waals surface area contributed by atoms with Gasteiger partial charge in [-0.05, 0) is 24.6 Å². The predicted molar refractivity (Wildman–Crippen MR) is 67.9 cm³/mol.